The van der Waals surface area contributed by atoms with Crippen LogP contribution in [-0.2, 0) is 11.4 Å². The first-order chi connectivity index (χ1) is 11.6. The average Bonchev–Trinajstić information content (AvgIpc) is 2.60. The van der Waals surface area contributed by atoms with Gasteiger partial charge >= 0.3 is 0 Å². The summed E-state index contributed by atoms with van der Waals surface area (Å²) in [4.78, 5) is 12.1. The van der Waals surface area contributed by atoms with Crippen LogP contribution in [0, 0.1) is 3.57 Å². The zero-order valence-corrected chi connectivity index (χ0v) is 15.5. The summed E-state index contributed by atoms with van der Waals surface area (Å²) < 4.78 is 16.8. The number of benzene rings is 2. The molecule has 0 aromatic heterocycles. The zero-order valence-electron chi connectivity index (χ0n) is 13.3. The normalized spacial score (nSPS) is 10.2. The van der Waals surface area contributed by atoms with Gasteiger partial charge in [-0.1, -0.05) is 12.1 Å². The van der Waals surface area contributed by atoms with Crippen LogP contribution in [0.5, 0.6) is 17.2 Å². The Balaban J connectivity index is 2.06. The SMILES string of the molecule is COc1ccccc1NC(=O)COc1c(I)cc(CO)cc1OC. The van der Waals surface area contributed by atoms with E-state index in [1.165, 1.54) is 14.2 Å². The van der Waals surface area contributed by atoms with Crippen molar-refractivity contribution < 1.29 is 24.1 Å². The fourth-order valence-electron chi connectivity index (χ4n) is 2.08. The summed E-state index contributed by atoms with van der Waals surface area (Å²) in [6.07, 6.45) is 0. The van der Waals surface area contributed by atoms with Gasteiger partial charge in [-0.15, -0.1) is 0 Å². The highest BCUT2D eigenvalue weighted by molar-refractivity contribution is 14.1. The standard InChI is InChI=1S/C17H18INO5/c1-22-14-6-4-3-5-13(14)19-16(21)10-24-17-12(18)7-11(9-20)8-15(17)23-2/h3-8,20H,9-10H2,1-2H3,(H,19,21). The van der Waals surface area contributed by atoms with Crippen LogP contribution in [0.4, 0.5) is 5.69 Å². The van der Waals surface area contributed by atoms with Crippen molar-refractivity contribution in [3.63, 3.8) is 0 Å². The molecular weight excluding hydrogens is 425 g/mol. The molecule has 7 heteroatoms. The molecule has 2 rings (SSSR count). The van der Waals surface area contributed by atoms with Crippen LogP contribution in [0.1, 0.15) is 5.56 Å². The van der Waals surface area contributed by atoms with Crippen molar-refractivity contribution in [2.45, 2.75) is 6.61 Å². The van der Waals surface area contributed by atoms with Gasteiger partial charge in [0, 0.05) is 0 Å². The Labute approximate surface area is 153 Å². The maximum Gasteiger partial charge on any atom is 0.262 e. The highest BCUT2D eigenvalue weighted by atomic mass is 127. The summed E-state index contributed by atoms with van der Waals surface area (Å²) >= 11 is 2.07. The zero-order chi connectivity index (χ0) is 17.5. The Bertz CT molecular complexity index is 720. The molecule has 2 aromatic rings. The number of ether oxygens (including phenoxy) is 3. The Kier molecular flexibility index (Phi) is 6.68. The number of carbonyl (C=O) groups is 1. The van der Waals surface area contributed by atoms with Gasteiger partial charge in [0.1, 0.15) is 5.75 Å². The van der Waals surface area contributed by atoms with E-state index < -0.39 is 0 Å². The summed E-state index contributed by atoms with van der Waals surface area (Å²) in [5, 5.41) is 12.0. The van der Waals surface area contributed by atoms with E-state index in [4.69, 9.17) is 14.2 Å². The molecule has 24 heavy (non-hydrogen) atoms. The molecule has 0 radical (unpaired) electrons. The van der Waals surface area contributed by atoms with Crippen molar-refractivity contribution in [1.82, 2.24) is 0 Å². The lowest BCUT2D eigenvalue weighted by Crippen LogP contribution is -2.21. The van der Waals surface area contributed by atoms with Crippen molar-refractivity contribution in [2.24, 2.45) is 0 Å². The maximum atomic E-state index is 12.1. The molecular formula is C17H18INO5. The smallest absolute Gasteiger partial charge is 0.262 e. The van der Waals surface area contributed by atoms with Crippen molar-refractivity contribution in [1.29, 1.82) is 0 Å². The van der Waals surface area contributed by atoms with E-state index in [1.807, 2.05) is 6.07 Å². The van der Waals surface area contributed by atoms with E-state index in [9.17, 15) is 9.90 Å². The lowest BCUT2D eigenvalue weighted by molar-refractivity contribution is -0.118. The minimum atomic E-state index is -0.316. The van der Waals surface area contributed by atoms with Crippen molar-refractivity contribution in [2.75, 3.05) is 26.1 Å². The Morgan fingerprint density at radius 3 is 2.54 bits per heavy atom. The van der Waals surface area contributed by atoms with Gasteiger partial charge in [0.2, 0.25) is 0 Å². The van der Waals surface area contributed by atoms with Crippen LogP contribution < -0.4 is 19.5 Å². The van der Waals surface area contributed by atoms with E-state index in [1.54, 1.807) is 30.3 Å². The second-order valence-electron chi connectivity index (χ2n) is 4.80. The van der Waals surface area contributed by atoms with Gasteiger partial charge in [-0.2, -0.15) is 0 Å². The summed E-state index contributed by atoms with van der Waals surface area (Å²) in [5.74, 6) is 1.19. The van der Waals surface area contributed by atoms with Crippen molar-refractivity contribution >= 4 is 34.2 Å². The summed E-state index contributed by atoms with van der Waals surface area (Å²) in [6, 6.07) is 10.6. The lowest BCUT2D eigenvalue weighted by Gasteiger charge is -2.14. The van der Waals surface area contributed by atoms with E-state index in [0.717, 1.165) is 3.57 Å². The number of hydrogen-bond donors (Lipinski definition) is 2. The molecule has 128 valence electrons. The first-order valence-electron chi connectivity index (χ1n) is 7.12. The third-order valence-corrected chi connectivity index (χ3v) is 4.00. The molecule has 0 atom stereocenters. The fourth-order valence-corrected chi connectivity index (χ4v) is 2.90. The largest absolute Gasteiger partial charge is 0.495 e. The summed E-state index contributed by atoms with van der Waals surface area (Å²) in [5.41, 5.74) is 1.29. The molecule has 0 aliphatic rings. The predicted molar refractivity (Wildman–Crippen MR) is 98.8 cm³/mol. The molecule has 1 amide bonds. The van der Waals surface area contributed by atoms with Gasteiger partial charge in [0.05, 0.1) is 30.1 Å². The van der Waals surface area contributed by atoms with E-state index in [0.29, 0.717) is 28.5 Å². The molecule has 0 aliphatic heterocycles. The third-order valence-electron chi connectivity index (χ3n) is 3.20. The maximum absolute atomic E-state index is 12.1. The van der Waals surface area contributed by atoms with Gasteiger partial charge in [-0.05, 0) is 52.4 Å². The number of para-hydroxylation sites is 2. The monoisotopic (exact) mass is 443 g/mol. The van der Waals surface area contributed by atoms with Gasteiger partial charge in [-0.3, -0.25) is 4.79 Å². The number of amides is 1. The number of aliphatic hydroxyl groups excluding tert-OH is 1. The number of nitrogens with one attached hydrogen (secondary N) is 1. The molecule has 0 heterocycles. The number of carbonyl (C=O) groups excluding carboxylic acids is 1. The molecule has 0 bridgehead atoms. The first-order valence-corrected chi connectivity index (χ1v) is 8.19. The third kappa shape index (κ3) is 4.51. The van der Waals surface area contributed by atoms with E-state index >= 15 is 0 Å². The van der Waals surface area contributed by atoms with Gasteiger partial charge < -0.3 is 24.6 Å². The Hall–Kier alpha value is -2.00. The van der Waals surface area contributed by atoms with Gasteiger partial charge in [0.25, 0.3) is 5.91 Å². The molecule has 0 saturated heterocycles. The number of methoxy groups -OCH3 is 2. The quantitative estimate of drug-likeness (QED) is 0.644. The second kappa shape index (κ2) is 8.74. The minimum absolute atomic E-state index is 0.0963. The molecule has 0 unspecified atom stereocenters. The number of aliphatic hydroxyl groups is 1. The number of anilines is 1. The minimum Gasteiger partial charge on any atom is -0.495 e. The molecule has 0 saturated carbocycles. The Morgan fingerprint density at radius 1 is 1.17 bits per heavy atom. The fraction of sp³-hybridized carbons (Fsp3) is 0.235. The molecule has 2 aromatic carbocycles. The predicted octanol–water partition coefficient (Wildman–Crippen LogP) is 2.82. The van der Waals surface area contributed by atoms with Crippen LogP contribution in [-0.4, -0.2) is 31.8 Å². The molecule has 6 nitrogen and oxygen atoms in total. The molecule has 0 fully saturated rings. The Morgan fingerprint density at radius 2 is 1.88 bits per heavy atom. The van der Waals surface area contributed by atoms with Crippen molar-refractivity contribution in [3.05, 3.63) is 45.5 Å². The van der Waals surface area contributed by atoms with Crippen LogP contribution in [0.15, 0.2) is 36.4 Å². The van der Waals surface area contributed by atoms with E-state index in [-0.39, 0.29) is 19.1 Å². The highest BCUT2D eigenvalue weighted by Gasteiger charge is 2.14. The van der Waals surface area contributed by atoms with Gasteiger partial charge in [-0.25, -0.2) is 0 Å². The number of rotatable bonds is 7. The second-order valence-corrected chi connectivity index (χ2v) is 5.97. The van der Waals surface area contributed by atoms with Crippen LogP contribution in [0.3, 0.4) is 0 Å². The average molecular weight is 443 g/mol. The number of halogens is 1. The summed E-state index contributed by atoms with van der Waals surface area (Å²) in [6.45, 7) is -0.274. The highest BCUT2D eigenvalue weighted by Crippen LogP contribution is 2.34. The topological polar surface area (TPSA) is 77.0 Å². The van der Waals surface area contributed by atoms with Crippen LogP contribution in [0.25, 0.3) is 0 Å². The van der Waals surface area contributed by atoms with E-state index in [2.05, 4.69) is 27.9 Å². The lowest BCUT2D eigenvalue weighted by atomic mass is 10.2. The van der Waals surface area contributed by atoms with Crippen LogP contribution >= 0.6 is 22.6 Å². The molecule has 2 N–H and O–H groups in total. The van der Waals surface area contributed by atoms with Crippen LogP contribution in [0.2, 0.25) is 0 Å². The number of hydrogen-bond acceptors (Lipinski definition) is 5. The summed E-state index contributed by atoms with van der Waals surface area (Å²) in [7, 11) is 3.05. The van der Waals surface area contributed by atoms with Gasteiger partial charge in [0.15, 0.2) is 18.1 Å². The first kappa shape index (κ1) is 18.3. The molecule has 0 aliphatic carbocycles. The van der Waals surface area contributed by atoms with Crippen molar-refractivity contribution in [3.8, 4) is 17.2 Å². The molecule has 0 spiro atoms.